The molecule has 2 rings (SSSR count). The number of amides is 1. The molecule has 1 aliphatic rings. The topological polar surface area (TPSA) is 29.1 Å². The van der Waals surface area contributed by atoms with Crippen LogP contribution in [-0.2, 0) is 0 Å². The molecule has 0 bridgehead atoms. The fourth-order valence-electron chi connectivity index (χ4n) is 2.47. The quantitative estimate of drug-likeness (QED) is 0.830. The minimum atomic E-state index is -0.0402. The number of hydrogen-bond donors (Lipinski definition) is 1. The van der Waals surface area contributed by atoms with Gasteiger partial charge < -0.3 is 5.32 Å². The molecular weight excluding hydrogens is 310 g/mol. The Bertz CT molecular complexity index is 421. The van der Waals surface area contributed by atoms with Crippen LogP contribution in [0.2, 0.25) is 0 Å². The fourth-order valence-corrected chi connectivity index (χ4v) is 3.93. The average molecular weight is 330 g/mol. The molecule has 18 heavy (non-hydrogen) atoms. The number of alkyl halides is 1. The van der Waals surface area contributed by atoms with E-state index in [0.29, 0.717) is 0 Å². The molecule has 2 nitrogen and oxygen atoms in total. The third-order valence-electron chi connectivity index (χ3n) is 3.83. The second-order valence-electron chi connectivity index (χ2n) is 5.46. The third-order valence-corrected chi connectivity index (χ3v) is 5.90. The van der Waals surface area contributed by atoms with Gasteiger partial charge in [-0.05, 0) is 50.7 Å². The predicted molar refractivity (Wildman–Crippen MR) is 80.7 cm³/mol. The molecule has 100 valence electrons. The first-order valence-corrected chi connectivity index (χ1v) is 8.43. The molecule has 1 amide bonds. The largest absolute Gasteiger partial charge is 0.345 e. The number of nitrogens with one attached hydrogen (secondary N) is 1. The molecule has 0 aliphatic heterocycles. The summed E-state index contributed by atoms with van der Waals surface area (Å²) in [6, 6.07) is 3.92. The van der Waals surface area contributed by atoms with E-state index in [0.717, 1.165) is 29.0 Å². The van der Waals surface area contributed by atoms with Crippen LogP contribution in [0.25, 0.3) is 0 Å². The summed E-state index contributed by atoms with van der Waals surface area (Å²) in [7, 11) is 0. The van der Waals surface area contributed by atoms with Crippen molar-refractivity contribution in [1.29, 1.82) is 0 Å². The van der Waals surface area contributed by atoms with Gasteiger partial charge in [-0.1, -0.05) is 22.9 Å². The average Bonchev–Trinajstić information content (AvgIpc) is 2.79. The van der Waals surface area contributed by atoms with Crippen LogP contribution in [0.5, 0.6) is 0 Å². The van der Waals surface area contributed by atoms with Crippen LogP contribution >= 0.6 is 27.3 Å². The van der Waals surface area contributed by atoms with E-state index >= 15 is 0 Å². The van der Waals surface area contributed by atoms with E-state index in [1.165, 1.54) is 17.7 Å². The summed E-state index contributed by atoms with van der Waals surface area (Å²) in [6.45, 7) is 4.33. The summed E-state index contributed by atoms with van der Waals surface area (Å²) < 4.78 is 0. The highest BCUT2D eigenvalue weighted by molar-refractivity contribution is 9.09. The zero-order valence-electron chi connectivity index (χ0n) is 11.0. The van der Waals surface area contributed by atoms with Crippen molar-refractivity contribution < 1.29 is 4.79 Å². The molecule has 1 saturated carbocycles. The van der Waals surface area contributed by atoms with Gasteiger partial charge in [-0.15, -0.1) is 11.3 Å². The van der Waals surface area contributed by atoms with Crippen molar-refractivity contribution in [3.05, 3.63) is 21.9 Å². The van der Waals surface area contributed by atoms with Gasteiger partial charge in [0.15, 0.2) is 0 Å². The van der Waals surface area contributed by atoms with Gasteiger partial charge in [0.2, 0.25) is 0 Å². The first-order chi connectivity index (χ1) is 8.54. The zero-order chi connectivity index (χ0) is 13.2. The van der Waals surface area contributed by atoms with E-state index in [1.54, 1.807) is 11.3 Å². The molecule has 1 aliphatic carbocycles. The van der Waals surface area contributed by atoms with E-state index in [1.807, 2.05) is 19.1 Å². The number of rotatable bonds is 3. The van der Waals surface area contributed by atoms with Crippen LogP contribution in [0.15, 0.2) is 12.1 Å². The van der Waals surface area contributed by atoms with Crippen molar-refractivity contribution in [3.8, 4) is 0 Å². The normalized spacial score (nSPS) is 28.1. The number of carbonyl (C=O) groups is 1. The lowest BCUT2D eigenvalue weighted by Crippen LogP contribution is -2.51. The van der Waals surface area contributed by atoms with Crippen molar-refractivity contribution >= 4 is 33.2 Å². The van der Waals surface area contributed by atoms with E-state index in [4.69, 9.17) is 0 Å². The summed E-state index contributed by atoms with van der Waals surface area (Å²) in [5, 5.41) is 4.11. The Balaban J connectivity index is 2.04. The Hall–Kier alpha value is -0.350. The van der Waals surface area contributed by atoms with E-state index in [2.05, 4.69) is 28.2 Å². The molecule has 1 fully saturated rings. The maximum atomic E-state index is 12.3. The van der Waals surface area contributed by atoms with Crippen LogP contribution in [0.4, 0.5) is 0 Å². The third kappa shape index (κ3) is 3.15. The molecule has 1 heterocycles. The van der Waals surface area contributed by atoms with Crippen LogP contribution < -0.4 is 5.32 Å². The lowest BCUT2D eigenvalue weighted by Gasteiger charge is -2.38. The van der Waals surface area contributed by atoms with Crippen LogP contribution in [0.3, 0.4) is 0 Å². The Morgan fingerprint density at radius 3 is 2.67 bits per heavy atom. The zero-order valence-corrected chi connectivity index (χ0v) is 13.4. The molecule has 1 aromatic heterocycles. The second-order valence-corrected chi connectivity index (χ2v) is 7.31. The van der Waals surface area contributed by atoms with Gasteiger partial charge in [0.25, 0.3) is 5.91 Å². The minimum absolute atomic E-state index is 0.0402. The Morgan fingerprint density at radius 2 is 2.17 bits per heavy atom. The number of halogens is 1. The van der Waals surface area contributed by atoms with E-state index in [-0.39, 0.29) is 11.4 Å². The molecular formula is C14H20BrNOS. The van der Waals surface area contributed by atoms with Gasteiger partial charge in [-0.25, -0.2) is 0 Å². The van der Waals surface area contributed by atoms with Crippen molar-refractivity contribution in [2.75, 3.05) is 5.33 Å². The summed E-state index contributed by atoms with van der Waals surface area (Å²) in [4.78, 5) is 14.3. The van der Waals surface area contributed by atoms with Crippen LogP contribution in [0.1, 0.15) is 47.2 Å². The lowest BCUT2D eigenvalue weighted by atomic mass is 9.78. The molecule has 0 atom stereocenters. The first-order valence-electron chi connectivity index (χ1n) is 6.49. The SMILES string of the molecule is Cc1ccc(C(=O)NC2(CBr)CCC(C)CC2)s1. The molecule has 4 heteroatoms. The predicted octanol–water partition coefficient (Wildman–Crippen LogP) is 4.13. The number of thiophene rings is 1. The van der Waals surface area contributed by atoms with Crippen molar-refractivity contribution in [3.63, 3.8) is 0 Å². The van der Waals surface area contributed by atoms with Gasteiger partial charge in [0, 0.05) is 10.2 Å². The second kappa shape index (κ2) is 5.74. The smallest absolute Gasteiger partial charge is 0.261 e. The van der Waals surface area contributed by atoms with Crippen molar-refractivity contribution in [2.45, 2.75) is 45.1 Å². The Morgan fingerprint density at radius 1 is 1.50 bits per heavy atom. The molecule has 0 aromatic carbocycles. The molecule has 0 radical (unpaired) electrons. The maximum Gasteiger partial charge on any atom is 0.261 e. The molecule has 0 unspecified atom stereocenters. The van der Waals surface area contributed by atoms with E-state index in [9.17, 15) is 4.79 Å². The molecule has 1 aromatic rings. The number of aryl methyl sites for hydroxylation is 1. The fraction of sp³-hybridized carbons (Fsp3) is 0.643. The van der Waals surface area contributed by atoms with Crippen LogP contribution in [-0.4, -0.2) is 16.8 Å². The summed E-state index contributed by atoms with van der Waals surface area (Å²) in [6.07, 6.45) is 4.57. The molecule has 0 spiro atoms. The standard InChI is InChI=1S/C14H20BrNOS/c1-10-5-7-14(9-15,8-6-10)16-13(17)12-4-3-11(2)18-12/h3-4,10H,5-9H2,1-2H3,(H,16,17). The highest BCUT2D eigenvalue weighted by atomic mass is 79.9. The highest BCUT2D eigenvalue weighted by Gasteiger charge is 2.34. The Labute approximate surface area is 121 Å². The van der Waals surface area contributed by atoms with Gasteiger partial charge in [0.1, 0.15) is 0 Å². The lowest BCUT2D eigenvalue weighted by molar-refractivity contribution is 0.0878. The minimum Gasteiger partial charge on any atom is -0.345 e. The van der Waals surface area contributed by atoms with E-state index < -0.39 is 0 Å². The van der Waals surface area contributed by atoms with Gasteiger partial charge in [-0.3, -0.25) is 4.79 Å². The van der Waals surface area contributed by atoms with Crippen molar-refractivity contribution in [1.82, 2.24) is 5.32 Å². The van der Waals surface area contributed by atoms with Gasteiger partial charge in [0.05, 0.1) is 10.4 Å². The number of hydrogen-bond acceptors (Lipinski definition) is 2. The Kier molecular flexibility index (Phi) is 4.49. The van der Waals surface area contributed by atoms with Gasteiger partial charge >= 0.3 is 0 Å². The maximum absolute atomic E-state index is 12.3. The van der Waals surface area contributed by atoms with Crippen LogP contribution in [0, 0.1) is 12.8 Å². The number of carbonyl (C=O) groups excluding carboxylic acids is 1. The summed E-state index contributed by atoms with van der Waals surface area (Å²) in [5.74, 6) is 0.875. The van der Waals surface area contributed by atoms with Gasteiger partial charge in [-0.2, -0.15) is 0 Å². The first kappa shape index (κ1) is 14.1. The summed E-state index contributed by atoms with van der Waals surface area (Å²) >= 11 is 5.15. The van der Waals surface area contributed by atoms with Crippen molar-refractivity contribution in [2.24, 2.45) is 5.92 Å². The summed E-state index contributed by atoms with van der Waals surface area (Å²) in [5.41, 5.74) is -0.0402. The monoisotopic (exact) mass is 329 g/mol. The molecule has 1 N–H and O–H groups in total. The molecule has 0 saturated heterocycles. The highest BCUT2D eigenvalue weighted by Crippen LogP contribution is 2.33.